The second kappa shape index (κ2) is 6.38. The minimum absolute atomic E-state index is 0.155. The first-order chi connectivity index (χ1) is 9.13. The molecule has 0 radical (unpaired) electrons. The number of nitrogens with two attached hydrogens (primary N) is 1. The molecular weight excluding hydrogens is 351 g/mol. The largest absolute Gasteiger partial charge is 0.399 e. The first-order valence-corrected chi connectivity index (χ1v) is 6.81. The van der Waals surface area contributed by atoms with Crippen molar-refractivity contribution in [2.75, 3.05) is 11.1 Å². The summed E-state index contributed by atoms with van der Waals surface area (Å²) in [6.07, 6.45) is 3.25. The number of nitrogens with one attached hydrogen (secondary N) is 1. The molecule has 0 saturated heterocycles. The van der Waals surface area contributed by atoms with Crippen LogP contribution < -0.4 is 11.1 Å². The van der Waals surface area contributed by atoms with Gasteiger partial charge >= 0.3 is 0 Å². The molecule has 3 nitrogen and oxygen atoms in total. The summed E-state index contributed by atoms with van der Waals surface area (Å²) in [5.41, 5.74) is 8.02. The molecule has 2 aromatic carbocycles. The molecule has 0 aromatic heterocycles. The van der Waals surface area contributed by atoms with Gasteiger partial charge in [0.2, 0.25) is 5.91 Å². The predicted molar refractivity (Wildman–Crippen MR) is 87.7 cm³/mol. The van der Waals surface area contributed by atoms with Crippen molar-refractivity contribution in [2.24, 2.45) is 0 Å². The number of carbonyl (C=O) groups is 1. The fraction of sp³-hybridized carbons (Fsp3) is 0. The lowest BCUT2D eigenvalue weighted by atomic mass is 10.2. The number of anilines is 2. The molecule has 3 N–H and O–H groups in total. The van der Waals surface area contributed by atoms with Crippen molar-refractivity contribution in [3.05, 3.63) is 63.7 Å². The van der Waals surface area contributed by atoms with Gasteiger partial charge in [0.25, 0.3) is 0 Å². The number of hydrogen-bond donors (Lipinski definition) is 2. The Morgan fingerprint density at radius 1 is 1.05 bits per heavy atom. The van der Waals surface area contributed by atoms with Crippen LogP contribution in [0.15, 0.2) is 54.6 Å². The quantitative estimate of drug-likeness (QED) is 0.498. The van der Waals surface area contributed by atoms with E-state index in [-0.39, 0.29) is 5.91 Å². The summed E-state index contributed by atoms with van der Waals surface area (Å²) in [4.78, 5) is 11.7. The van der Waals surface area contributed by atoms with Crippen molar-refractivity contribution in [1.29, 1.82) is 0 Å². The van der Waals surface area contributed by atoms with Gasteiger partial charge in [-0.05, 0) is 70.6 Å². The Kier molecular flexibility index (Phi) is 4.57. The van der Waals surface area contributed by atoms with Gasteiger partial charge in [0.1, 0.15) is 0 Å². The number of rotatable bonds is 3. The van der Waals surface area contributed by atoms with Crippen LogP contribution in [0.1, 0.15) is 5.56 Å². The maximum atomic E-state index is 11.7. The Bertz CT molecular complexity index is 589. The average Bonchev–Trinajstić information content (AvgIpc) is 2.41. The van der Waals surface area contributed by atoms with E-state index in [1.54, 1.807) is 18.2 Å². The first-order valence-electron chi connectivity index (χ1n) is 5.74. The molecule has 0 unspecified atom stereocenters. The monoisotopic (exact) mass is 364 g/mol. The summed E-state index contributed by atoms with van der Waals surface area (Å²) in [6.45, 7) is 0. The van der Waals surface area contributed by atoms with Crippen LogP contribution in [-0.2, 0) is 4.79 Å². The highest BCUT2D eigenvalue weighted by Gasteiger charge is 1.97. The lowest BCUT2D eigenvalue weighted by Crippen LogP contribution is -2.07. The van der Waals surface area contributed by atoms with Gasteiger partial charge in [0.05, 0.1) is 0 Å². The van der Waals surface area contributed by atoms with E-state index in [1.807, 2.05) is 36.4 Å². The van der Waals surface area contributed by atoms with Crippen LogP contribution in [0.25, 0.3) is 6.08 Å². The van der Waals surface area contributed by atoms with Gasteiger partial charge < -0.3 is 11.1 Å². The maximum Gasteiger partial charge on any atom is 0.248 e. The number of carbonyl (C=O) groups excluding carboxylic acids is 1. The standard InChI is InChI=1S/C15H13IN2O/c16-12-4-8-14(9-5-12)18-15(19)10-3-11-1-6-13(17)7-2-11/h1-10H,17H2,(H,18,19)/b10-3+. The summed E-state index contributed by atoms with van der Waals surface area (Å²) in [5.74, 6) is -0.155. The average molecular weight is 364 g/mol. The Morgan fingerprint density at radius 3 is 2.32 bits per heavy atom. The van der Waals surface area contributed by atoms with E-state index in [0.717, 1.165) is 14.8 Å². The third-order valence-corrected chi connectivity index (χ3v) is 3.19. The third kappa shape index (κ3) is 4.40. The van der Waals surface area contributed by atoms with E-state index >= 15 is 0 Å². The minimum atomic E-state index is -0.155. The Balaban J connectivity index is 1.97. The van der Waals surface area contributed by atoms with Crippen molar-refractivity contribution in [3.8, 4) is 0 Å². The van der Waals surface area contributed by atoms with Gasteiger partial charge in [-0.25, -0.2) is 0 Å². The number of halogens is 1. The van der Waals surface area contributed by atoms with Crippen LogP contribution in [0.5, 0.6) is 0 Å². The van der Waals surface area contributed by atoms with Gasteiger partial charge in [-0.3, -0.25) is 4.79 Å². The molecule has 96 valence electrons. The van der Waals surface area contributed by atoms with Crippen LogP contribution in [0.4, 0.5) is 11.4 Å². The van der Waals surface area contributed by atoms with Gasteiger partial charge in [-0.2, -0.15) is 0 Å². The Labute approximate surface area is 125 Å². The molecule has 19 heavy (non-hydrogen) atoms. The highest BCUT2D eigenvalue weighted by Crippen LogP contribution is 2.11. The molecule has 2 aromatic rings. The van der Waals surface area contributed by atoms with Crippen molar-refractivity contribution in [3.63, 3.8) is 0 Å². The third-order valence-electron chi connectivity index (χ3n) is 2.48. The number of benzene rings is 2. The van der Waals surface area contributed by atoms with E-state index in [1.165, 1.54) is 6.08 Å². The van der Waals surface area contributed by atoms with Crippen LogP contribution in [0.2, 0.25) is 0 Å². The molecule has 0 spiro atoms. The normalized spacial score (nSPS) is 10.6. The second-order valence-corrected chi connectivity index (χ2v) is 5.24. The predicted octanol–water partition coefficient (Wildman–Crippen LogP) is 3.53. The molecule has 0 bridgehead atoms. The van der Waals surface area contributed by atoms with Crippen LogP contribution in [0.3, 0.4) is 0 Å². The van der Waals surface area contributed by atoms with Crippen LogP contribution in [-0.4, -0.2) is 5.91 Å². The second-order valence-electron chi connectivity index (χ2n) is 4.00. The molecule has 0 saturated carbocycles. The molecule has 0 aliphatic heterocycles. The van der Waals surface area contributed by atoms with E-state index < -0.39 is 0 Å². The Hall–Kier alpha value is -1.82. The van der Waals surface area contributed by atoms with Crippen molar-refractivity contribution in [1.82, 2.24) is 0 Å². The highest BCUT2D eigenvalue weighted by molar-refractivity contribution is 14.1. The molecular formula is C15H13IN2O. The minimum Gasteiger partial charge on any atom is -0.399 e. The number of hydrogen-bond acceptors (Lipinski definition) is 2. The zero-order chi connectivity index (χ0) is 13.7. The van der Waals surface area contributed by atoms with Crippen molar-refractivity contribution in [2.45, 2.75) is 0 Å². The SMILES string of the molecule is Nc1ccc(/C=C/C(=O)Nc2ccc(I)cc2)cc1. The van der Waals surface area contributed by atoms with Crippen molar-refractivity contribution < 1.29 is 4.79 Å². The molecule has 1 amide bonds. The summed E-state index contributed by atoms with van der Waals surface area (Å²) in [5, 5.41) is 2.80. The summed E-state index contributed by atoms with van der Waals surface area (Å²) >= 11 is 2.22. The van der Waals surface area contributed by atoms with Gasteiger partial charge in [-0.1, -0.05) is 12.1 Å². The summed E-state index contributed by atoms with van der Waals surface area (Å²) < 4.78 is 1.13. The zero-order valence-electron chi connectivity index (χ0n) is 10.1. The zero-order valence-corrected chi connectivity index (χ0v) is 12.3. The van der Waals surface area contributed by atoms with E-state index in [4.69, 9.17) is 5.73 Å². The molecule has 0 fully saturated rings. The van der Waals surface area contributed by atoms with Crippen LogP contribution >= 0.6 is 22.6 Å². The summed E-state index contributed by atoms with van der Waals surface area (Å²) in [6, 6.07) is 15.0. The molecule has 0 atom stereocenters. The van der Waals surface area contributed by atoms with E-state index in [2.05, 4.69) is 27.9 Å². The maximum absolute atomic E-state index is 11.7. The van der Waals surface area contributed by atoms with E-state index in [0.29, 0.717) is 5.69 Å². The van der Waals surface area contributed by atoms with E-state index in [9.17, 15) is 4.79 Å². The van der Waals surface area contributed by atoms with Crippen molar-refractivity contribution >= 4 is 45.9 Å². The van der Waals surface area contributed by atoms with Gasteiger partial charge in [-0.15, -0.1) is 0 Å². The van der Waals surface area contributed by atoms with Gasteiger partial charge in [0.15, 0.2) is 0 Å². The van der Waals surface area contributed by atoms with Crippen LogP contribution in [0, 0.1) is 3.57 Å². The number of amides is 1. The lowest BCUT2D eigenvalue weighted by Gasteiger charge is -2.01. The highest BCUT2D eigenvalue weighted by atomic mass is 127. The lowest BCUT2D eigenvalue weighted by molar-refractivity contribution is -0.111. The summed E-state index contributed by atoms with van der Waals surface area (Å²) in [7, 11) is 0. The molecule has 2 rings (SSSR count). The first kappa shape index (κ1) is 13.6. The molecule has 4 heteroatoms. The molecule has 0 heterocycles. The number of nitrogen functional groups attached to an aromatic ring is 1. The fourth-order valence-electron chi connectivity index (χ4n) is 1.50. The topological polar surface area (TPSA) is 55.1 Å². The van der Waals surface area contributed by atoms with Gasteiger partial charge in [0, 0.05) is 21.0 Å². The molecule has 0 aliphatic carbocycles. The Morgan fingerprint density at radius 2 is 1.68 bits per heavy atom. The smallest absolute Gasteiger partial charge is 0.248 e. The fourth-order valence-corrected chi connectivity index (χ4v) is 1.86. The molecule has 0 aliphatic rings.